The highest BCUT2D eigenvalue weighted by atomic mass is 19.4. The SMILES string of the molecule is CN=C(NCCOCc1ccccc1)NCCC1CCN(CC(F)(F)F)CC1. The largest absolute Gasteiger partial charge is 0.401 e. The van der Waals surface area contributed by atoms with Gasteiger partial charge in [0.15, 0.2) is 5.96 Å². The van der Waals surface area contributed by atoms with E-state index < -0.39 is 12.7 Å². The number of benzene rings is 1. The molecule has 1 aliphatic heterocycles. The first-order valence-corrected chi connectivity index (χ1v) is 9.81. The van der Waals surface area contributed by atoms with Gasteiger partial charge in [0.25, 0.3) is 0 Å². The highest BCUT2D eigenvalue weighted by Crippen LogP contribution is 2.23. The van der Waals surface area contributed by atoms with E-state index in [9.17, 15) is 13.2 Å². The summed E-state index contributed by atoms with van der Waals surface area (Å²) in [5.74, 6) is 1.18. The van der Waals surface area contributed by atoms with Gasteiger partial charge in [-0.05, 0) is 43.8 Å². The maximum Gasteiger partial charge on any atom is 0.401 e. The standard InChI is InChI=1S/C20H31F3N4O/c1-24-19(26-11-14-28-15-18-5-3-2-4-6-18)25-10-7-17-8-12-27(13-9-17)16-20(21,22)23/h2-6,17H,7-16H2,1H3,(H2,24,25,26). The molecule has 158 valence electrons. The van der Waals surface area contributed by atoms with Crippen molar-refractivity contribution in [3.05, 3.63) is 35.9 Å². The Morgan fingerprint density at radius 1 is 1.14 bits per heavy atom. The van der Waals surface area contributed by atoms with Crippen LogP contribution in [0.15, 0.2) is 35.3 Å². The van der Waals surface area contributed by atoms with E-state index >= 15 is 0 Å². The Bertz CT molecular complexity index is 573. The van der Waals surface area contributed by atoms with Gasteiger partial charge in [-0.2, -0.15) is 13.2 Å². The molecule has 0 unspecified atom stereocenters. The number of ether oxygens (including phenoxy) is 1. The number of hydrogen-bond acceptors (Lipinski definition) is 3. The Morgan fingerprint density at radius 2 is 1.82 bits per heavy atom. The third-order valence-electron chi connectivity index (χ3n) is 4.83. The van der Waals surface area contributed by atoms with Gasteiger partial charge in [-0.25, -0.2) is 0 Å². The van der Waals surface area contributed by atoms with Crippen molar-refractivity contribution in [3.63, 3.8) is 0 Å². The van der Waals surface area contributed by atoms with Crippen molar-refractivity contribution < 1.29 is 17.9 Å². The maximum atomic E-state index is 12.4. The van der Waals surface area contributed by atoms with Crippen LogP contribution < -0.4 is 10.6 Å². The van der Waals surface area contributed by atoms with Gasteiger partial charge >= 0.3 is 6.18 Å². The first-order chi connectivity index (χ1) is 13.5. The fourth-order valence-corrected chi connectivity index (χ4v) is 3.31. The third kappa shape index (κ3) is 9.41. The number of nitrogens with one attached hydrogen (secondary N) is 2. The number of alkyl halides is 3. The molecule has 5 nitrogen and oxygen atoms in total. The second-order valence-electron chi connectivity index (χ2n) is 7.09. The molecule has 1 fully saturated rings. The zero-order valence-corrected chi connectivity index (χ0v) is 16.5. The van der Waals surface area contributed by atoms with Crippen LogP contribution in [-0.4, -0.2) is 63.4 Å². The summed E-state index contributed by atoms with van der Waals surface area (Å²) in [5.41, 5.74) is 1.14. The molecule has 0 saturated carbocycles. The number of rotatable bonds is 9. The van der Waals surface area contributed by atoms with Crippen LogP contribution in [0.25, 0.3) is 0 Å². The molecule has 0 aliphatic carbocycles. The lowest BCUT2D eigenvalue weighted by atomic mass is 9.93. The molecule has 8 heteroatoms. The molecule has 0 amide bonds. The minimum absolute atomic E-state index is 0.462. The maximum absolute atomic E-state index is 12.4. The molecule has 1 aromatic rings. The van der Waals surface area contributed by atoms with E-state index in [4.69, 9.17) is 4.74 Å². The smallest absolute Gasteiger partial charge is 0.375 e. The lowest BCUT2D eigenvalue weighted by Gasteiger charge is -2.32. The van der Waals surface area contributed by atoms with E-state index in [1.165, 1.54) is 4.90 Å². The van der Waals surface area contributed by atoms with Crippen LogP contribution in [0.3, 0.4) is 0 Å². The summed E-state index contributed by atoms with van der Waals surface area (Å²) in [6, 6.07) is 10.0. The minimum Gasteiger partial charge on any atom is -0.375 e. The van der Waals surface area contributed by atoms with E-state index in [0.29, 0.717) is 38.8 Å². The summed E-state index contributed by atoms with van der Waals surface area (Å²) in [6.45, 7) is 2.83. The summed E-state index contributed by atoms with van der Waals surface area (Å²) in [4.78, 5) is 5.68. The molecule has 1 aliphatic rings. The lowest BCUT2D eigenvalue weighted by molar-refractivity contribution is -0.148. The fraction of sp³-hybridized carbons (Fsp3) is 0.650. The summed E-state index contributed by atoms with van der Waals surface area (Å²) in [6.07, 6.45) is -1.53. The predicted octanol–water partition coefficient (Wildman–Crippen LogP) is 3.03. The van der Waals surface area contributed by atoms with E-state index in [2.05, 4.69) is 15.6 Å². The van der Waals surface area contributed by atoms with Gasteiger partial charge in [0.05, 0.1) is 19.8 Å². The fourth-order valence-electron chi connectivity index (χ4n) is 3.31. The quantitative estimate of drug-likeness (QED) is 0.380. The average Bonchev–Trinajstić information content (AvgIpc) is 2.67. The van der Waals surface area contributed by atoms with Gasteiger partial charge in [0, 0.05) is 20.1 Å². The molecule has 1 heterocycles. The van der Waals surface area contributed by atoms with Crippen molar-refractivity contribution in [3.8, 4) is 0 Å². The van der Waals surface area contributed by atoms with Gasteiger partial charge in [0.1, 0.15) is 0 Å². The van der Waals surface area contributed by atoms with E-state index in [1.807, 2.05) is 30.3 Å². The zero-order valence-electron chi connectivity index (χ0n) is 16.5. The van der Waals surface area contributed by atoms with E-state index in [-0.39, 0.29) is 0 Å². The average molecular weight is 400 g/mol. The first-order valence-electron chi connectivity index (χ1n) is 9.81. The third-order valence-corrected chi connectivity index (χ3v) is 4.83. The normalized spacial score (nSPS) is 16.9. The Morgan fingerprint density at radius 3 is 2.46 bits per heavy atom. The van der Waals surface area contributed by atoms with Crippen LogP contribution in [0, 0.1) is 5.92 Å². The van der Waals surface area contributed by atoms with Crippen molar-refractivity contribution in [2.45, 2.75) is 32.0 Å². The Balaban J connectivity index is 1.52. The van der Waals surface area contributed by atoms with Gasteiger partial charge < -0.3 is 15.4 Å². The van der Waals surface area contributed by atoms with Crippen LogP contribution in [0.2, 0.25) is 0 Å². The second-order valence-corrected chi connectivity index (χ2v) is 7.09. The molecule has 0 bridgehead atoms. The van der Waals surface area contributed by atoms with Gasteiger partial charge in [0.2, 0.25) is 0 Å². The Kier molecular flexibility index (Phi) is 9.57. The molecule has 2 rings (SSSR count). The van der Waals surface area contributed by atoms with Crippen molar-refractivity contribution in [2.75, 3.05) is 46.4 Å². The molecule has 28 heavy (non-hydrogen) atoms. The number of piperidine rings is 1. The van der Waals surface area contributed by atoms with E-state index in [0.717, 1.165) is 37.3 Å². The monoisotopic (exact) mass is 400 g/mol. The van der Waals surface area contributed by atoms with Crippen LogP contribution in [0.1, 0.15) is 24.8 Å². The van der Waals surface area contributed by atoms with E-state index in [1.54, 1.807) is 7.05 Å². The molecule has 0 spiro atoms. The number of aliphatic imine (C=N–C) groups is 1. The first kappa shape index (κ1) is 22.5. The molecule has 2 N–H and O–H groups in total. The van der Waals surface area contributed by atoms with Crippen LogP contribution in [-0.2, 0) is 11.3 Å². The second kappa shape index (κ2) is 11.9. The van der Waals surface area contributed by atoms with Gasteiger partial charge in [-0.15, -0.1) is 0 Å². The molecular weight excluding hydrogens is 369 g/mol. The molecular formula is C20H31F3N4O. The Hall–Kier alpha value is -1.80. The minimum atomic E-state index is -4.10. The zero-order chi connectivity index (χ0) is 20.2. The number of guanidine groups is 1. The number of halogens is 3. The molecule has 1 aromatic carbocycles. The van der Waals surface area contributed by atoms with Crippen LogP contribution in [0.5, 0.6) is 0 Å². The molecule has 0 aromatic heterocycles. The number of hydrogen-bond donors (Lipinski definition) is 2. The summed E-state index contributed by atoms with van der Waals surface area (Å²) in [7, 11) is 1.72. The van der Waals surface area contributed by atoms with Crippen LogP contribution >= 0.6 is 0 Å². The van der Waals surface area contributed by atoms with Gasteiger partial charge in [-0.3, -0.25) is 9.89 Å². The molecule has 0 radical (unpaired) electrons. The van der Waals surface area contributed by atoms with Gasteiger partial charge in [-0.1, -0.05) is 30.3 Å². The van der Waals surface area contributed by atoms with Crippen molar-refractivity contribution in [1.29, 1.82) is 0 Å². The highest BCUT2D eigenvalue weighted by molar-refractivity contribution is 5.79. The van der Waals surface area contributed by atoms with Crippen molar-refractivity contribution in [2.24, 2.45) is 10.9 Å². The van der Waals surface area contributed by atoms with Crippen LogP contribution in [0.4, 0.5) is 13.2 Å². The molecule has 1 saturated heterocycles. The summed E-state index contributed by atoms with van der Waals surface area (Å²) < 4.78 is 42.9. The summed E-state index contributed by atoms with van der Waals surface area (Å²) >= 11 is 0. The van der Waals surface area contributed by atoms with Crippen molar-refractivity contribution >= 4 is 5.96 Å². The topological polar surface area (TPSA) is 48.9 Å². The molecule has 0 atom stereocenters. The number of likely N-dealkylation sites (tertiary alicyclic amines) is 1. The number of nitrogens with zero attached hydrogens (tertiary/aromatic N) is 2. The predicted molar refractivity (Wildman–Crippen MR) is 105 cm³/mol. The Labute approximate surface area is 165 Å². The van der Waals surface area contributed by atoms with Crippen molar-refractivity contribution in [1.82, 2.24) is 15.5 Å². The highest BCUT2D eigenvalue weighted by Gasteiger charge is 2.32. The summed E-state index contributed by atoms with van der Waals surface area (Å²) in [5, 5.41) is 6.47. The lowest BCUT2D eigenvalue weighted by Crippen LogP contribution is -2.42.